The molecule has 1 aliphatic rings. The number of amides is 2. The number of hydrogen-bond donors (Lipinski definition) is 1. The first-order chi connectivity index (χ1) is 19.7. The zero-order chi connectivity index (χ0) is 31.2. The molecule has 0 spiro atoms. The Labute approximate surface area is 246 Å². The summed E-state index contributed by atoms with van der Waals surface area (Å²) < 4.78 is 26.2. The summed E-state index contributed by atoms with van der Waals surface area (Å²) in [6.07, 6.45) is 1.23. The molecule has 1 N–H and O–H groups in total. The Bertz CT molecular complexity index is 1260. The quantitative estimate of drug-likeness (QED) is 0.326. The van der Waals surface area contributed by atoms with E-state index in [0.29, 0.717) is 49.2 Å². The predicted octanol–water partition coefficient (Wildman–Crippen LogP) is 3.93. The number of aryl methyl sites for hydroxylation is 1. The van der Waals surface area contributed by atoms with E-state index in [1.165, 1.54) is 22.8 Å². The lowest BCUT2D eigenvalue weighted by atomic mass is 9.92. The van der Waals surface area contributed by atoms with E-state index < -0.39 is 29.6 Å². The molecule has 0 saturated carbocycles. The van der Waals surface area contributed by atoms with Crippen LogP contribution in [0.2, 0.25) is 0 Å². The number of halogens is 1. The van der Waals surface area contributed by atoms with Crippen molar-refractivity contribution in [1.82, 2.24) is 24.8 Å². The van der Waals surface area contributed by atoms with E-state index in [2.05, 4.69) is 10.3 Å². The third kappa shape index (κ3) is 8.27. The van der Waals surface area contributed by atoms with E-state index in [-0.39, 0.29) is 43.0 Å². The van der Waals surface area contributed by atoms with Crippen molar-refractivity contribution in [2.75, 3.05) is 33.4 Å². The van der Waals surface area contributed by atoms with Gasteiger partial charge in [-0.2, -0.15) is 0 Å². The Morgan fingerprint density at radius 2 is 1.90 bits per heavy atom. The molecule has 0 radical (unpaired) electrons. The van der Waals surface area contributed by atoms with Crippen LogP contribution in [-0.4, -0.2) is 92.9 Å². The molecular formula is C30H44FN5O6. The SMILES string of the molecule is COC(=O)[C@@H]1C[C@H](N(CC(C)C)C(=O)c2nnn(-c3ccc(F)c(C)c3)c2CCCCO)CN(C(=O)OC(C)(C)C)C1. The standard InChI is InChI=1S/C30H44FN5O6/c1-19(2)16-35(23-15-21(28(39)41-7)17-34(18-23)29(40)42-30(4,5)6)27(38)26-25(10-8-9-13-37)36(33-32-26)22-11-12-24(31)20(3)14-22/h11-12,14,19,21,23,37H,8-10,13,15-18H2,1-7H3/t21-,23+/m1/s1. The van der Waals surface area contributed by atoms with Gasteiger partial charge in [0.25, 0.3) is 5.91 Å². The molecule has 2 aromatic rings. The molecule has 0 aliphatic carbocycles. The van der Waals surface area contributed by atoms with Gasteiger partial charge in [0.15, 0.2) is 5.69 Å². The summed E-state index contributed by atoms with van der Waals surface area (Å²) in [7, 11) is 1.30. The molecule has 1 fully saturated rings. The van der Waals surface area contributed by atoms with Crippen LogP contribution in [0.5, 0.6) is 0 Å². The van der Waals surface area contributed by atoms with Crippen molar-refractivity contribution in [3.63, 3.8) is 0 Å². The van der Waals surface area contributed by atoms with E-state index >= 15 is 0 Å². The fourth-order valence-corrected chi connectivity index (χ4v) is 5.10. The van der Waals surface area contributed by atoms with Crippen LogP contribution in [0.3, 0.4) is 0 Å². The minimum absolute atomic E-state index is 0.00251. The summed E-state index contributed by atoms with van der Waals surface area (Å²) >= 11 is 0. The van der Waals surface area contributed by atoms with Crippen LogP contribution in [0.15, 0.2) is 18.2 Å². The monoisotopic (exact) mass is 589 g/mol. The van der Waals surface area contributed by atoms with Gasteiger partial charge in [-0.1, -0.05) is 19.1 Å². The van der Waals surface area contributed by atoms with Gasteiger partial charge >= 0.3 is 12.1 Å². The Balaban J connectivity index is 2.03. The maximum absolute atomic E-state index is 14.3. The van der Waals surface area contributed by atoms with Crippen LogP contribution in [0.25, 0.3) is 5.69 Å². The van der Waals surface area contributed by atoms with E-state index in [4.69, 9.17) is 9.47 Å². The molecule has 232 valence electrons. The van der Waals surface area contributed by atoms with Crippen LogP contribution >= 0.6 is 0 Å². The number of rotatable bonds is 10. The second-order valence-electron chi connectivity index (χ2n) is 12.3. The number of methoxy groups -OCH3 is 1. The number of carbonyl (C=O) groups is 3. The molecule has 0 bridgehead atoms. The predicted molar refractivity (Wildman–Crippen MR) is 154 cm³/mol. The number of hydrogen-bond acceptors (Lipinski definition) is 8. The molecule has 3 rings (SSSR count). The molecule has 1 saturated heterocycles. The largest absolute Gasteiger partial charge is 0.469 e. The van der Waals surface area contributed by atoms with Crippen molar-refractivity contribution >= 4 is 18.0 Å². The highest BCUT2D eigenvalue weighted by atomic mass is 19.1. The molecule has 1 aromatic carbocycles. The zero-order valence-electron chi connectivity index (χ0n) is 25.7. The lowest BCUT2D eigenvalue weighted by Gasteiger charge is -2.42. The van der Waals surface area contributed by atoms with Crippen molar-refractivity contribution < 1.29 is 33.4 Å². The zero-order valence-corrected chi connectivity index (χ0v) is 25.7. The first-order valence-electron chi connectivity index (χ1n) is 14.4. The van der Waals surface area contributed by atoms with Crippen molar-refractivity contribution in [1.29, 1.82) is 0 Å². The van der Waals surface area contributed by atoms with Gasteiger partial charge in [0.05, 0.1) is 30.5 Å². The lowest BCUT2D eigenvalue weighted by Crippen LogP contribution is -2.57. The number of nitrogens with zero attached hydrogens (tertiary/aromatic N) is 5. The third-order valence-electron chi connectivity index (χ3n) is 7.05. The molecule has 2 atom stereocenters. The first-order valence-corrected chi connectivity index (χ1v) is 14.4. The summed E-state index contributed by atoms with van der Waals surface area (Å²) in [4.78, 5) is 43.2. The number of likely N-dealkylation sites (tertiary alicyclic amines) is 1. The Morgan fingerprint density at radius 1 is 1.19 bits per heavy atom. The second kappa shape index (κ2) is 14.1. The average molecular weight is 590 g/mol. The van der Waals surface area contributed by atoms with Crippen LogP contribution in [0.4, 0.5) is 9.18 Å². The smallest absolute Gasteiger partial charge is 0.410 e. The lowest BCUT2D eigenvalue weighted by molar-refractivity contribution is -0.148. The second-order valence-corrected chi connectivity index (χ2v) is 12.3. The van der Waals surface area contributed by atoms with E-state index in [1.807, 2.05) is 13.8 Å². The number of piperidine rings is 1. The number of carbonyl (C=O) groups excluding carboxylic acids is 3. The Hall–Kier alpha value is -3.54. The third-order valence-corrected chi connectivity index (χ3v) is 7.05. The fourth-order valence-electron chi connectivity index (χ4n) is 5.10. The van der Waals surface area contributed by atoms with E-state index in [0.717, 1.165) is 0 Å². The first kappa shape index (κ1) is 33.0. The van der Waals surface area contributed by atoms with Crippen LogP contribution in [-0.2, 0) is 20.7 Å². The molecule has 1 aliphatic heterocycles. The Kier molecular flexibility index (Phi) is 11.1. The number of benzene rings is 1. The summed E-state index contributed by atoms with van der Waals surface area (Å²) in [6.45, 7) is 11.5. The van der Waals surface area contributed by atoms with Gasteiger partial charge in [0.1, 0.15) is 11.4 Å². The number of ether oxygens (including phenoxy) is 2. The normalized spacial score (nSPS) is 17.3. The van der Waals surface area contributed by atoms with Crippen LogP contribution in [0.1, 0.15) is 75.6 Å². The molecular weight excluding hydrogens is 545 g/mol. The number of aromatic nitrogens is 3. The minimum Gasteiger partial charge on any atom is -0.469 e. The average Bonchev–Trinajstić information content (AvgIpc) is 3.35. The molecule has 12 heteroatoms. The molecule has 2 amide bonds. The van der Waals surface area contributed by atoms with Gasteiger partial charge in [-0.25, -0.2) is 13.9 Å². The summed E-state index contributed by atoms with van der Waals surface area (Å²) in [6, 6.07) is 4.04. The van der Waals surface area contributed by atoms with Gasteiger partial charge in [-0.3, -0.25) is 9.59 Å². The molecule has 11 nitrogen and oxygen atoms in total. The van der Waals surface area contributed by atoms with Crippen LogP contribution in [0, 0.1) is 24.6 Å². The highest BCUT2D eigenvalue weighted by Crippen LogP contribution is 2.27. The van der Waals surface area contributed by atoms with Crippen molar-refractivity contribution in [2.24, 2.45) is 11.8 Å². The molecule has 42 heavy (non-hydrogen) atoms. The van der Waals surface area contributed by atoms with Gasteiger partial charge in [-0.15, -0.1) is 5.10 Å². The highest BCUT2D eigenvalue weighted by molar-refractivity contribution is 5.94. The number of unbranched alkanes of at least 4 members (excludes halogenated alkanes) is 1. The van der Waals surface area contributed by atoms with Gasteiger partial charge < -0.3 is 24.4 Å². The summed E-state index contributed by atoms with van der Waals surface area (Å²) in [5.74, 6) is -1.78. The van der Waals surface area contributed by atoms with Gasteiger partial charge in [0, 0.05) is 26.2 Å². The minimum atomic E-state index is -0.737. The number of aliphatic hydroxyl groups is 1. The maximum Gasteiger partial charge on any atom is 0.410 e. The van der Waals surface area contributed by atoms with Crippen molar-refractivity contribution in [3.05, 3.63) is 41.0 Å². The maximum atomic E-state index is 14.3. The number of aliphatic hydroxyl groups excluding tert-OH is 1. The summed E-state index contributed by atoms with van der Waals surface area (Å²) in [5, 5.41) is 17.9. The molecule has 1 aromatic heterocycles. The van der Waals surface area contributed by atoms with Crippen LogP contribution < -0.4 is 0 Å². The summed E-state index contributed by atoms with van der Waals surface area (Å²) in [5.41, 5.74) is 0.933. The molecule has 2 heterocycles. The van der Waals surface area contributed by atoms with Gasteiger partial charge in [0.2, 0.25) is 0 Å². The number of esters is 1. The van der Waals surface area contributed by atoms with Crippen molar-refractivity contribution in [2.45, 2.75) is 78.9 Å². The fraction of sp³-hybridized carbons (Fsp3) is 0.633. The van der Waals surface area contributed by atoms with E-state index in [1.54, 1.807) is 44.7 Å². The Morgan fingerprint density at radius 3 is 2.50 bits per heavy atom. The van der Waals surface area contributed by atoms with Crippen molar-refractivity contribution in [3.8, 4) is 5.69 Å². The van der Waals surface area contributed by atoms with Gasteiger partial charge in [-0.05, 0) is 83.1 Å². The molecule has 0 unspecified atom stereocenters. The highest BCUT2D eigenvalue weighted by Gasteiger charge is 2.41. The van der Waals surface area contributed by atoms with E-state index in [9.17, 15) is 23.9 Å². The topological polar surface area (TPSA) is 127 Å².